The second kappa shape index (κ2) is 9.79. The number of hydrogen-bond acceptors (Lipinski definition) is 0. The Bertz CT molecular complexity index is 507. The first-order chi connectivity index (χ1) is 12.3. The first kappa shape index (κ1) is 19.0. The number of aryl methyl sites for hydroxylation is 1. The molecule has 1 saturated carbocycles. The molecule has 2 aliphatic carbocycles. The molecule has 2 aliphatic rings. The van der Waals surface area contributed by atoms with Crippen LogP contribution >= 0.6 is 0 Å². The van der Waals surface area contributed by atoms with Crippen molar-refractivity contribution in [2.75, 3.05) is 0 Å². The molecule has 140 valence electrons. The Labute approximate surface area is 156 Å². The van der Waals surface area contributed by atoms with E-state index in [0.29, 0.717) is 0 Å². The van der Waals surface area contributed by atoms with E-state index in [-0.39, 0.29) is 0 Å². The van der Waals surface area contributed by atoms with Gasteiger partial charge in [-0.3, -0.25) is 0 Å². The molecule has 0 nitrogen and oxygen atoms in total. The summed E-state index contributed by atoms with van der Waals surface area (Å²) < 4.78 is 0. The van der Waals surface area contributed by atoms with Gasteiger partial charge in [0.15, 0.2) is 0 Å². The number of hydrogen-bond donors (Lipinski definition) is 0. The van der Waals surface area contributed by atoms with Gasteiger partial charge >= 0.3 is 0 Å². The number of rotatable bonds is 8. The zero-order chi connectivity index (χ0) is 17.5. The van der Waals surface area contributed by atoms with Crippen LogP contribution in [-0.2, 0) is 12.8 Å². The van der Waals surface area contributed by atoms with Gasteiger partial charge in [-0.2, -0.15) is 0 Å². The van der Waals surface area contributed by atoms with Gasteiger partial charge < -0.3 is 0 Å². The highest BCUT2D eigenvalue weighted by molar-refractivity contribution is 5.36. The third kappa shape index (κ3) is 5.35. The zero-order valence-electron chi connectivity index (χ0n) is 16.9. The van der Waals surface area contributed by atoms with E-state index in [1.807, 2.05) is 0 Å². The molecule has 0 bridgehead atoms. The maximum Gasteiger partial charge on any atom is -0.0162 e. The highest BCUT2D eigenvalue weighted by Gasteiger charge is 2.24. The molecule has 1 unspecified atom stereocenters. The van der Waals surface area contributed by atoms with Gasteiger partial charge in [-0.25, -0.2) is 0 Å². The van der Waals surface area contributed by atoms with Gasteiger partial charge in [-0.1, -0.05) is 77.0 Å². The van der Waals surface area contributed by atoms with Crippen molar-refractivity contribution in [1.29, 1.82) is 0 Å². The first-order valence-corrected chi connectivity index (χ1v) is 11.4. The molecule has 0 saturated heterocycles. The van der Waals surface area contributed by atoms with E-state index in [1.54, 1.807) is 16.7 Å². The van der Waals surface area contributed by atoms with Crippen LogP contribution in [0, 0.1) is 11.8 Å². The van der Waals surface area contributed by atoms with Crippen LogP contribution in [0.5, 0.6) is 0 Å². The Balaban J connectivity index is 1.49. The molecule has 0 radical (unpaired) electrons. The summed E-state index contributed by atoms with van der Waals surface area (Å²) in [6.45, 7) is 4.65. The molecule has 1 atom stereocenters. The Hall–Kier alpha value is -0.780. The van der Waals surface area contributed by atoms with E-state index in [0.717, 1.165) is 17.8 Å². The van der Waals surface area contributed by atoms with Gasteiger partial charge in [0, 0.05) is 0 Å². The lowest BCUT2D eigenvalue weighted by molar-refractivity contribution is 0.302. The fraction of sp³-hybridized carbons (Fsp3) is 0.760. The van der Waals surface area contributed by atoms with Crippen molar-refractivity contribution < 1.29 is 0 Å². The summed E-state index contributed by atoms with van der Waals surface area (Å²) in [7, 11) is 0. The van der Waals surface area contributed by atoms with Crippen LogP contribution in [0.15, 0.2) is 18.2 Å². The minimum atomic E-state index is 0.852. The van der Waals surface area contributed by atoms with Crippen molar-refractivity contribution in [3.05, 3.63) is 34.9 Å². The maximum atomic E-state index is 2.60. The third-order valence-electron chi connectivity index (χ3n) is 7.04. The lowest BCUT2D eigenvalue weighted by atomic mass is 9.75. The molecular formula is C25H40. The normalized spacial score (nSPS) is 26.4. The van der Waals surface area contributed by atoms with Crippen LogP contribution in [0.25, 0.3) is 0 Å². The molecule has 1 fully saturated rings. The van der Waals surface area contributed by atoms with Gasteiger partial charge in [0.05, 0.1) is 0 Å². The molecule has 0 aliphatic heterocycles. The van der Waals surface area contributed by atoms with Crippen LogP contribution < -0.4 is 0 Å². The molecule has 0 N–H and O–H groups in total. The minimum absolute atomic E-state index is 0.852. The standard InChI is InChI=1S/C25H40/c1-3-5-6-7-9-20-10-13-22(14-11-20)24-17-16-23-18-21(8-4-2)12-15-25(23)19-24/h16-17,19-22H,3-15,18H2,1-2H3/t20-,21?,22-. The Morgan fingerprint density at radius 1 is 0.760 bits per heavy atom. The zero-order valence-corrected chi connectivity index (χ0v) is 16.9. The molecule has 1 aromatic carbocycles. The number of fused-ring (bicyclic) bond motifs is 1. The quantitative estimate of drug-likeness (QED) is 0.423. The number of benzene rings is 1. The highest BCUT2D eigenvalue weighted by Crippen LogP contribution is 2.39. The van der Waals surface area contributed by atoms with Gasteiger partial charge in [-0.05, 0) is 79.4 Å². The first-order valence-electron chi connectivity index (χ1n) is 11.4. The van der Waals surface area contributed by atoms with Crippen LogP contribution in [0.2, 0.25) is 0 Å². The van der Waals surface area contributed by atoms with Crippen LogP contribution in [0.3, 0.4) is 0 Å². The fourth-order valence-electron chi connectivity index (χ4n) is 5.40. The van der Waals surface area contributed by atoms with E-state index in [2.05, 4.69) is 32.0 Å². The van der Waals surface area contributed by atoms with E-state index >= 15 is 0 Å². The van der Waals surface area contributed by atoms with Crippen molar-refractivity contribution in [1.82, 2.24) is 0 Å². The van der Waals surface area contributed by atoms with Gasteiger partial charge in [0.1, 0.15) is 0 Å². The summed E-state index contributed by atoms with van der Waals surface area (Å²) in [5, 5.41) is 0. The molecule has 0 aromatic heterocycles. The summed E-state index contributed by atoms with van der Waals surface area (Å²) in [4.78, 5) is 0. The monoisotopic (exact) mass is 340 g/mol. The topological polar surface area (TPSA) is 0 Å². The second-order valence-corrected chi connectivity index (χ2v) is 8.99. The summed E-state index contributed by atoms with van der Waals surface area (Å²) in [5.74, 6) is 2.83. The Morgan fingerprint density at radius 3 is 2.36 bits per heavy atom. The fourth-order valence-corrected chi connectivity index (χ4v) is 5.40. The van der Waals surface area contributed by atoms with E-state index in [4.69, 9.17) is 0 Å². The van der Waals surface area contributed by atoms with Gasteiger partial charge in [0.2, 0.25) is 0 Å². The molecule has 3 rings (SSSR count). The Kier molecular flexibility index (Phi) is 7.44. The molecule has 25 heavy (non-hydrogen) atoms. The van der Waals surface area contributed by atoms with Crippen LogP contribution in [0.1, 0.15) is 114 Å². The van der Waals surface area contributed by atoms with E-state index in [9.17, 15) is 0 Å². The van der Waals surface area contributed by atoms with Gasteiger partial charge in [-0.15, -0.1) is 0 Å². The van der Waals surface area contributed by atoms with Crippen molar-refractivity contribution >= 4 is 0 Å². The molecule has 0 heterocycles. The average molecular weight is 341 g/mol. The third-order valence-corrected chi connectivity index (χ3v) is 7.04. The van der Waals surface area contributed by atoms with Crippen molar-refractivity contribution in [3.63, 3.8) is 0 Å². The maximum absolute atomic E-state index is 2.60. The lowest BCUT2D eigenvalue weighted by Crippen LogP contribution is -2.16. The summed E-state index contributed by atoms with van der Waals surface area (Å²) >= 11 is 0. The van der Waals surface area contributed by atoms with Crippen LogP contribution in [0.4, 0.5) is 0 Å². The predicted molar refractivity (Wildman–Crippen MR) is 110 cm³/mol. The lowest BCUT2D eigenvalue weighted by Gasteiger charge is -2.30. The average Bonchev–Trinajstić information content (AvgIpc) is 2.66. The summed E-state index contributed by atoms with van der Waals surface area (Å²) in [6.07, 6.45) is 19.9. The molecule has 0 amide bonds. The molecule has 1 aromatic rings. The predicted octanol–water partition coefficient (Wildman–Crippen LogP) is 7.84. The molecule has 0 heteroatoms. The summed E-state index contributed by atoms with van der Waals surface area (Å²) in [5.41, 5.74) is 5.02. The van der Waals surface area contributed by atoms with E-state index < -0.39 is 0 Å². The van der Waals surface area contributed by atoms with Crippen molar-refractivity contribution in [2.24, 2.45) is 11.8 Å². The minimum Gasteiger partial charge on any atom is -0.0654 e. The molecular weight excluding hydrogens is 300 g/mol. The van der Waals surface area contributed by atoms with Crippen molar-refractivity contribution in [3.8, 4) is 0 Å². The van der Waals surface area contributed by atoms with Crippen LogP contribution in [-0.4, -0.2) is 0 Å². The Morgan fingerprint density at radius 2 is 1.60 bits per heavy atom. The largest absolute Gasteiger partial charge is 0.0654 e. The second-order valence-electron chi connectivity index (χ2n) is 8.99. The highest BCUT2D eigenvalue weighted by atomic mass is 14.3. The van der Waals surface area contributed by atoms with E-state index in [1.165, 1.54) is 89.9 Å². The molecule has 0 spiro atoms. The van der Waals surface area contributed by atoms with Gasteiger partial charge in [0.25, 0.3) is 0 Å². The SMILES string of the molecule is CCCCCC[C@H]1CC[C@H](c2ccc3c(c2)CCC(CCC)C3)CC1. The number of unbranched alkanes of at least 4 members (excludes halogenated alkanes) is 3. The summed E-state index contributed by atoms with van der Waals surface area (Å²) in [6, 6.07) is 7.58. The smallest absolute Gasteiger partial charge is 0.0162 e. The van der Waals surface area contributed by atoms with Crippen molar-refractivity contribution in [2.45, 2.75) is 110 Å².